The first kappa shape index (κ1) is 18.8. The van der Waals surface area contributed by atoms with E-state index in [1.165, 1.54) is 0 Å². The van der Waals surface area contributed by atoms with Crippen LogP contribution < -0.4 is 5.32 Å². The van der Waals surface area contributed by atoms with Gasteiger partial charge in [-0.3, -0.25) is 9.59 Å². The van der Waals surface area contributed by atoms with Crippen molar-refractivity contribution in [1.29, 1.82) is 0 Å². The maximum Gasteiger partial charge on any atom is 0.251 e. The zero-order chi connectivity index (χ0) is 18.7. The second-order valence-corrected chi connectivity index (χ2v) is 7.06. The zero-order valence-corrected chi connectivity index (χ0v) is 14.9. The Morgan fingerprint density at radius 1 is 1.12 bits per heavy atom. The summed E-state index contributed by atoms with van der Waals surface area (Å²) in [5.41, 5.74) is 1.58. The van der Waals surface area contributed by atoms with Crippen LogP contribution in [0.25, 0.3) is 0 Å². The van der Waals surface area contributed by atoms with Crippen LogP contribution in [0.3, 0.4) is 0 Å². The van der Waals surface area contributed by atoms with E-state index in [0.29, 0.717) is 5.56 Å². The molecule has 0 spiro atoms. The van der Waals surface area contributed by atoms with Gasteiger partial charge in [0.1, 0.15) is 18.3 Å². The molecule has 2 heterocycles. The van der Waals surface area contributed by atoms with Crippen LogP contribution in [-0.2, 0) is 9.53 Å². The first-order valence-electron chi connectivity index (χ1n) is 9.10. The number of aliphatic hydroxyl groups excluding tert-OH is 2. The van der Waals surface area contributed by atoms with E-state index in [2.05, 4.69) is 5.32 Å². The van der Waals surface area contributed by atoms with Crippen LogP contribution in [0, 0.1) is 6.92 Å². The van der Waals surface area contributed by atoms with Crippen molar-refractivity contribution in [3.05, 3.63) is 35.4 Å². The molecule has 26 heavy (non-hydrogen) atoms. The van der Waals surface area contributed by atoms with Gasteiger partial charge >= 0.3 is 0 Å². The number of ether oxygens (including phenoxy) is 1. The van der Waals surface area contributed by atoms with Gasteiger partial charge in [0.15, 0.2) is 0 Å². The summed E-state index contributed by atoms with van der Waals surface area (Å²) in [7, 11) is 0. The molecule has 2 aliphatic heterocycles. The molecule has 0 aromatic heterocycles. The fourth-order valence-corrected chi connectivity index (χ4v) is 3.43. The van der Waals surface area contributed by atoms with Gasteiger partial charge in [-0.15, -0.1) is 0 Å². The largest absolute Gasteiger partial charge is 0.388 e. The number of carbonyl (C=O) groups is 2. The SMILES string of the molecule is Cc1ccc(C(=O)NCC2OC(CC(=O)N3CCCC3)C(O)C2O)cc1. The summed E-state index contributed by atoms with van der Waals surface area (Å²) in [4.78, 5) is 26.1. The Hall–Kier alpha value is -1.96. The summed E-state index contributed by atoms with van der Waals surface area (Å²) in [6.45, 7) is 3.48. The van der Waals surface area contributed by atoms with Crippen LogP contribution in [0.1, 0.15) is 35.2 Å². The number of rotatable bonds is 5. The summed E-state index contributed by atoms with van der Waals surface area (Å²) in [6.07, 6.45) is -1.73. The second kappa shape index (κ2) is 8.16. The molecular weight excluding hydrogens is 336 g/mol. The van der Waals surface area contributed by atoms with E-state index < -0.39 is 24.4 Å². The lowest BCUT2D eigenvalue weighted by Crippen LogP contribution is -2.40. The molecule has 142 valence electrons. The van der Waals surface area contributed by atoms with Gasteiger partial charge in [-0.1, -0.05) is 17.7 Å². The van der Waals surface area contributed by atoms with Crippen molar-refractivity contribution in [2.45, 2.75) is 50.6 Å². The molecule has 1 aromatic carbocycles. The minimum Gasteiger partial charge on any atom is -0.388 e. The van der Waals surface area contributed by atoms with Gasteiger partial charge in [0.05, 0.1) is 12.5 Å². The molecule has 3 N–H and O–H groups in total. The lowest BCUT2D eigenvalue weighted by Gasteiger charge is -2.19. The minimum atomic E-state index is -1.14. The van der Waals surface area contributed by atoms with Crippen LogP contribution in [0.5, 0.6) is 0 Å². The van der Waals surface area contributed by atoms with Crippen molar-refractivity contribution in [3.8, 4) is 0 Å². The number of aryl methyl sites for hydroxylation is 1. The molecule has 0 aliphatic carbocycles. The number of hydrogen-bond donors (Lipinski definition) is 3. The van der Waals surface area contributed by atoms with E-state index in [4.69, 9.17) is 4.74 Å². The van der Waals surface area contributed by atoms with Crippen LogP contribution in [0.2, 0.25) is 0 Å². The number of carbonyl (C=O) groups excluding carboxylic acids is 2. The van der Waals surface area contributed by atoms with Crippen molar-refractivity contribution >= 4 is 11.8 Å². The molecule has 3 rings (SSSR count). The van der Waals surface area contributed by atoms with E-state index >= 15 is 0 Å². The number of nitrogens with zero attached hydrogens (tertiary/aromatic N) is 1. The Morgan fingerprint density at radius 3 is 2.38 bits per heavy atom. The molecule has 2 amide bonds. The number of nitrogens with one attached hydrogen (secondary N) is 1. The Balaban J connectivity index is 1.51. The van der Waals surface area contributed by atoms with Gasteiger partial charge in [-0.25, -0.2) is 0 Å². The molecule has 0 radical (unpaired) electrons. The minimum absolute atomic E-state index is 0.0423. The molecule has 4 atom stereocenters. The molecule has 0 saturated carbocycles. The molecule has 7 heteroatoms. The van der Waals surface area contributed by atoms with Crippen LogP contribution >= 0.6 is 0 Å². The van der Waals surface area contributed by atoms with Gasteiger partial charge in [-0.05, 0) is 31.9 Å². The van der Waals surface area contributed by atoms with Gasteiger partial charge in [0.25, 0.3) is 5.91 Å². The van der Waals surface area contributed by atoms with Gasteiger partial charge in [0, 0.05) is 25.2 Å². The number of amides is 2. The third-order valence-corrected chi connectivity index (χ3v) is 5.07. The Morgan fingerprint density at radius 2 is 1.73 bits per heavy atom. The summed E-state index contributed by atoms with van der Waals surface area (Å²) >= 11 is 0. The number of hydrogen-bond acceptors (Lipinski definition) is 5. The highest BCUT2D eigenvalue weighted by molar-refractivity contribution is 5.94. The molecule has 0 bridgehead atoms. The maximum atomic E-state index is 12.2. The van der Waals surface area contributed by atoms with Crippen LogP contribution in [0.15, 0.2) is 24.3 Å². The van der Waals surface area contributed by atoms with Gasteiger partial charge < -0.3 is 25.2 Å². The monoisotopic (exact) mass is 362 g/mol. The topological polar surface area (TPSA) is 99.1 Å². The Labute approximate surface area is 152 Å². The highest BCUT2D eigenvalue weighted by Crippen LogP contribution is 2.24. The molecule has 2 aliphatic rings. The molecular formula is C19H26N2O5. The summed E-state index contributed by atoms with van der Waals surface area (Å²) in [5.74, 6) is -0.338. The third kappa shape index (κ3) is 4.23. The lowest BCUT2D eigenvalue weighted by atomic mass is 10.0. The highest BCUT2D eigenvalue weighted by atomic mass is 16.5. The summed E-state index contributed by atoms with van der Waals surface area (Å²) < 4.78 is 5.66. The quantitative estimate of drug-likeness (QED) is 0.696. The first-order valence-corrected chi connectivity index (χ1v) is 9.10. The van der Waals surface area contributed by atoms with Gasteiger partial charge in [-0.2, -0.15) is 0 Å². The van der Waals surface area contributed by atoms with Crippen molar-refractivity contribution in [1.82, 2.24) is 10.2 Å². The average molecular weight is 362 g/mol. The van der Waals surface area contributed by atoms with Gasteiger partial charge in [0.2, 0.25) is 5.91 Å². The number of benzene rings is 1. The first-order chi connectivity index (χ1) is 12.5. The smallest absolute Gasteiger partial charge is 0.251 e. The molecule has 7 nitrogen and oxygen atoms in total. The molecule has 1 aromatic rings. The summed E-state index contributed by atoms with van der Waals surface area (Å²) in [6, 6.07) is 7.14. The molecule has 2 fully saturated rings. The second-order valence-electron chi connectivity index (χ2n) is 7.06. The predicted molar refractivity (Wildman–Crippen MR) is 94.6 cm³/mol. The van der Waals surface area contributed by atoms with E-state index in [0.717, 1.165) is 31.5 Å². The zero-order valence-electron chi connectivity index (χ0n) is 14.9. The van der Waals surface area contributed by atoms with Crippen molar-refractivity contribution in [3.63, 3.8) is 0 Å². The van der Waals surface area contributed by atoms with Crippen LogP contribution in [-0.4, -0.2) is 71.0 Å². The number of likely N-dealkylation sites (tertiary alicyclic amines) is 1. The fraction of sp³-hybridized carbons (Fsp3) is 0.579. The normalized spacial score (nSPS) is 28.3. The molecule has 4 unspecified atom stereocenters. The Kier molecular flexibility index (Phi) is 5.90. The van der Waals surface area contributed by atoms with Crippen molar-refractivity contribution < 1.29 is 24.5 Å². The van der Waals surface area contributed by atoms with Crippen molar-refractivity contribution in [2.24, 2.45) is 0 Å². The standard InChI is InChI=1S/C19H26N2O5/c1-12-4-6-13(7-5-12)19(25)20-11-15-18(24)17(23)14(26-15)10-16(22)21-8-2-3-9-21/h4-7,14-15,17-18,23-24H,2-3,8-11H2,1H3,(H,20,25). The van der Waals surface area contributed by atoms with Crippen molar-refractivity contribution in [2.75, 3.05) is 19.6 Å². The lowest BCUT2D eigenvalue weighted by molar-refractivity contribution is -0.134. The fourth-order valence-electron chi connectivity index (χ4n) is 3.43. The maximum absolute atomic E-state index is 12.2. The number of aliphatic hydroxyl groups is 2. The van der Waals surface area contributed by atoms with Crippen LogP contribution in [0.4, 0.5) is 0 Å². The predicted octanol–water partition coefficient (Wildman–Crippen LogP) is 0.227. The highest BCUT2D eigenvalue weighted by Gasteiger charge is 2.43. The van der Waals surface area contributed by atoms with E-state index in [9.17, 15) is 19.8 Å². The van der Waals surface area contributed by atoms with E-state index in [-0.39, 0.29) is 24.8 Å². The molecule has 2 saturated heterocycles. The van der Waals surface area contributed by atoms with E-state index in [1.807, 2.05) is 19.1 Å². The third-order valence-electron chi connectivity index (χ3n) is 5.07. The Bertz CT molecular complexity index is 642. The summed E-state index contributed by atoms with van der Waals surface area (Å²) in [5, 5.41) is 23.1. The average Bonchev–Trinajstić information content (AvgIpc) is 3.25. The van der Waals surface area contributed by atoms with E-state index in [1.54, 1.807) is 17.0 Å².